The molecule has 1 atom stereocenters. The molecule has 0 aliphatic carbocycles. The van der Waals surface area contributed by atoms with Gasteiger partial charge in [-0.1, -0.05) is 23.8 Å². The third-order valence-corrected chi connectivity index (χ3v) is 7.56. The number of carboxylic acid groups (broad SMARTS) is 1. The van der Waals surface area contributed by atoms with Gasteiger partial charge >= 0.3 is 18.2 Å². The maximum atomic E-state index is 13.1. The number of carbonyl (C=O) groups excluding carboxylic acids is 2. The minimum atomic E-state index is -4.00. The fraction of sp³-hybridized carbons (Fsp3) is 0.414. The first-order valence-corrected chi connectivity index (χ1v) is 14.5. The van der Waals surface area contributed by atoms with E-state index >= 15 is 0 Å². The van der Waals surface area contributed by atoms with E-state index in [0.29, 0.717) is 10.5 Å². The number of benzene rings is 1. The van der Waals surface area contributed by atoms with E-state index in [1.165, 1.54) is 43.6 Å². The highest BCUT2D eigenvalue weighted by Gasteiger charge is 2.39. The molecule has 2 heterocycles. The molecule has 13 heteroatoms. The van der Waals surface area contributed by atoms with Crippen LogP contribution in [0.1, 0.15) is 65.3 Å². The molecule has 2 amide bonds. The van der Waals surface area contributed by atoms with Crippen LogP contribution in [0.15, 0.2) is 60.0 Å². The number of pyridine rings is 1. The zero-order chi connectivity index (χ0) is 31.7. The van der Waals surface area contributed by atoms with Crippen molar-refractivity contribution in [2.75, 3.05) is 4.90 Å². The number of imidazole rings is 1. The summed E-state index contributed by atoms with van der Waals surface area (Å²) in [7, 11) is -4.00. The molecular weight excluding hydrogens is 564 g/mol. The van der Waals surface area contributed by atoms with Gasteiger partial charge in [-0.2, -0.15) is 4.90 Å². The highest BCUT2D eigenvalue weighted by atomic mass is 32.2. The first-order chi connectivity index (χ1) is 19.2. The molecule has 3 aromatic rings. The van der Waals surface area contributed by atoms with E-state index in [0.717, 1.165) is 15.9 Å². The van der Waals surface area contributed by atoms with Gasteiger partial charge < -0.3 is 14.6 Å². The lowest BCUT2D eigenvalue weighted by Crippen LogP contribution is -2.44. The number of nitrogens with zero attached hydrogens (tertiary/aromatic N) is 4. The number of anilines is 1. The van der Waals surface area contributed by atoms with Gasteiger partial charge in [0.2, 0.25) is 0 Å². The topological polar surface area (TPSA) is 158 Å². The van der Waals surface area contributed by atoms with Gasteiger partial charge in [-0.15, -0.1) is 0 Å². The molecule has 0 bridgehead atoms. The van der Waals surface area contributed by atoms with Crippen LogP contribution >= 0.6 is 0 Å². The first kappa shape index (κ1) is 32.3. The van der Waals surface area contributed by atoms with Gasteiger partial charge in [0.25, 0.3) is 10.0 Å². The SMILES string of the molecule is Cc1ccc(S(=O)(=O)n2cnc(C(C)(Cc3ccc(N(C(=O)OC(C)(C)C)C(=O)OC(C)(C)C)nc3)C(=O)O)c2)cc1. The predicted molar refractivity (Wildman–Crippen MR) is 154 cm³/mol. The van der Waals surface area contributed by atoms with Crippen LogP contribution in [0.5, 0.6) is 0 Å². The highest BCUT2D eigenvalue weighted by Crippen LogP contribution is 2.29. The molecular formula is C29H36N4O8S. The Balaban J connectivity index is 1.92. The molecule has 0 saturated heterocycles. The highest BCUT2D eigenvalue weighted by molar-refractivity contribution is 7.90. The predicted octanol–water partition coefficient (Wildman–Crippen LogP) is 5.09. The Labute approximate surface area is 245 Å². The number of hydrogen-bond donors (Lipinski definition) is 1. The summed E-state index contributed by atoms with van der Waals surface area (Å²) in [5.74, 6) is -1.33. The summed E-state index contributed by atoms with van der Waals surface area (Å²) in [6, 6.07) is 9.12. The van der Waals surface area contributed by atoms with Crippen molar-refractivity contribution in [2.45, 2.75) is 83.3 Å². The van der Waals surface area contributed by atoms with Crippen LogP contribution in [0.3, 0.4) is 0 Å². The van der Waals surface area contributed by atoms with E-state index in [1.54, 1.807) is 53.7 Å². The molecule has 0 aliphatic heterocycles. The Hall–Kier alpha value is -4.26. The van der Waals surface area contributed by atoms with Crippen molar-refractivity contribution in [2.24, 2.45) is 0 Å². The number of imide groups is 1. The average Bonchev–Trinajstić information content (AvgIpc) is 3.35. The summed E-state index contributed by atoms with van der Waals surface area (Å²) in [6.07, 6.45) is 1.44. The van der Waals surface area contributed by atoms with E-state index in [9.17, 15) is 27.9 Å². The smallest absolute Gasteiger partial charge is 0.425 e. The van der Waals surface area contributed by atoms with E-state index in [2.05, 4.69) is 9.97 Å². The lowest BCUT2D eigenvalue weighted by molar-refractivity contribution is -0.143. The zero-order valence-corrected chi connectivity index (χ0v) is 25.7. The van der Waals surface area contributed by atoms with E-state index < -0.39 is 44.8 Å². The summed E-state index contributed by atoms with van der Waals surface area (Å²) in [4.78, 5) is 47.3. The number of rotatable bonds is 7. The molecule has 0 saturated carbocycles. The molecule has 2 aromatic heterocycles. The molecule has 12 nitrogen and oxygen atoms in total. The van der Waals surface area contributed by atoms with Crippen molar-refractivity contribution >= 4 is 34.0 Å². The number of amides is 2. The van der Waals surface area contributed by atoms with Crippen molar-refractivity contribution in [3.63, 3.8) is 0 Å². The molecule has 0 spiro atoms. The van der Waals surface area contributed by atoms with E-state index in [4.69, 9.17) is 9.47 Å². The van der Waals surface area contributed by atoms with Crippen LogP contribution in [0.2, 0.25) is 0 Å². The first-order valence-electron chi connectivity index (χ1n) is 13.0. The Morgan fingerprint density at radius 3 is 1.88 bits per heavy atom. The fourth-order valence-corrected chi connectivity index (χ4v) is 4.90. The van der Waals surface area contributed by atoms with Gasteiger partial charge in [0, 0.05) is 12.4 Å². The number of hydrogen-bond acceptors (Lipinski definition) is 9. The molecule has 226 valence electrons. The summed E-state index contributed by atoms with van der Waals surface area (Å²) in [5, 5.41) is 10.2. The summed E-state index contributed by atoms with van der Waals surface area (Å²) in [6.45, 7) is 13.1. The molecule has 1 aromatic carbocycles. The third kappa shape index (κ3) is 7.52. The Morgan fingerprint density at radius 1 is 0.881 bits per heavy atom. The minimum absolute atomic E-state index is 0.0129. The number of aliphatic carboxylic acids is 1. The Bertz CT molecular complexity index is 1540. The number of aromatic nitrogens is 3. The van der Waals surface area contributed by atoms with Gasteiger partial charge in [0.15, 0.2) is 0 Å². The third-order valence-electron chi connectivity index (χ3n) is 5.94. The molecule has 1 unspecified atom stereocenters. The van der Waals surface area contributed by atoms with Crippen LogP contribution in [-0.2, 0) is 36.1 Å². The number of ether oxygens (including phenoxy) is 2. The van der Waals surface area contributed by atoms with Crippen molar-refractivity contribution in [1.29, 1.82) is 0 Å². The van der Waals surface area contributed by atoms with Crippen molar-refractivity contribution < 1.29 is 37.4 Å². The van der Waals surface area contributed by atoms with Gasteiger partial charge in [-0.3, -0.25) is 4.79 Å². The average molecular weight is 601 g/mol. The van der Waals surface area contributed by atoms with Crippen molar-refractivity contribution in [3.05, 3.63) is 71.9 Å². The van der Waals surface area contributed by atoms with Crippen LogP contribution in [0.25, 0.3) is 0 Å². The maximum Gasteiger partial charge on any atom is 0.425 e. The van der Waals surface area contributed by atoms with Crippen molar-refractivity contribution in [3.8, 4) is 0 Å². The second-order valence-corrected chi connectivity index (χ2v) is 13.9. The maximum absolute atomic E-state index is 13.1. The molecule has 0 aliphatic rings. The van der Waals surface area contributed by atoms with Gasteiger partial charge in [0.1, 0.15) is 28.8 Å². The second-order valence-electron chi connectivity index (χ2n) is 12.0. The second kappa shape index (κ2) is 11.6. The van der Waals surface area contributed by atoms with Crippen LogP contribution in [-0.4, -0.2) is 56.8 Å². The van der Waals surface area contributed by atoms with Gasteiger partial charge in [-0.05, 0) is 85.6 Å². The van der Waals surface area contributed by atoms with Gasteiger partial charge in [0.05, 0.1) is 10.6 Å². The lowest BCUT2D eigenvalue weighted by Gasteiger charge is -2.28. The largest absolute Gasteiger partial charge is 0.481 e. The number of carbonyl (C=O) groups is 3. The van der Waals surface area contributed by atoms with Crippen LogP contribution in [0.4, 0.5) is 15.4 Å². The van der Waals surface area contributed by atoms with Crippen LogP contribution in [0, 0.1) is 6.92 Å². The molecule has 42 heavy (non-hydrogen) atoms. The lowest BCUT2D eigenvalue weighted by atomic mass is 9.81. The number of aryl methyl sites for hydroxylation is 1. The Morgan fingerprint density at radius 2 is 1.43 bits per heavy atom. The van der Waals surface area contributed by atoms with Gasteiger partial charge in [-0.25, -0.2) is 31.9 Å². The molecule has 0 fully saturated rings. The summed E-state index contributed by atoms with van der Waals surface area (Å²) in [5.41, 5.74) is -2.13. The summed E-state index contributed by atoms with van der Waals surface area (Å²) >= 11 is 0. The molecule has 1 N–H and O–H groups in total. The van der Waals surface area contributed by atoms with Crippen molar-refractivity contribution in [1.82, 2.24) is 13.9 Å². The summed E-state index contributed by atoms with van der Waals surface area (Å²) < 4.78 is 37.8. The quantitative estimate of drug-likeness (QED) is 0.387. The minimum Gasteiger partial charge on any atom is -0.481 e. The standard InChI is InChI=1S/C29H36N4O8S/c1-19-9-12-21(13-10-19)42(38,39)32-17-22(31-18-32)29(8,24(34)35)15-20-11-14-23(30-16-20)33(25(36)40-27(2,3)4)26(37)41-28(5,6)7/h9-14,16-18H,15H2,1-8H3,(H,34,35). The van der Waals surface area contributed by atoms with Crippen LogP contribution < -0.4 is 4.90 Å². The fourth-order valence-electron chi connectivity index (χ4n) is 3.77. The van der Waals surface area contributed by atoms with E-state index in [1.807, 2.05) is 6.92 Å². The number of carboxylic acids is 1. The monoisotopic (exact) mass is 600 g/mol. The molecule has 0 radical (unpaired) electrons. The normalized spacial score (nSPS) is 13.6. The zero-order valence-electron chi connectivity index (χ0n) is 24.9. The molecule has 3 rings (SSSR count). The Kier molecular flexibility index (Phi) is 8.87. The van der Waals surface area contributed by atoms with E-state index in [-0.39, 0.29) is 22.8 Å².